The SMILES string of the molecule is Cc1ccnc2c1Cc1c-2c2ccccc2c2ccccc12. The molecule has 104 valence electrons. The van der Waals surface area contributed by atoms with Crippen LogP contribution in [0.1, 0.15) is 16.7 Å². The number of hydrogen-bond acceptors (Lipinski definition) is 1. The van der Waals surface area contributed by atoms with Crippen molar-refractivity contribution in [3.05, 3.63) is 77.5 Å². The van der Waals surface area contributed by atoms with Gasteiger partial charge in [0.1, 0.15) is 0 Å². The predicted octanol–water partition coefficient (Wildman–Crippen LogP) is 5.27. The number of hydrogen-bond donors (Lipinski definition) is 0. The van der Waals surface area contributed by atoms with E-state index in [9.17, 15) is 0 Å². The lowest BCUT2D eigenvalue weighted by atomic mass is 9.93. The molecule has 1 aliphatic rings. The highest BCUT2D eigenvalue weighted by atomic mass is 14.7. The van der Waals surface area contributed by atoms with Gasteiger partial charge in [-0.05, 0) is 51.2 Å². The van der Waals surface area contributed by atoms with Gasteiger partial charge in [-0.15, -0.1) is 0 Å². The minimum absolute atomic E-state index is 0.996. The molecule has 1 aliphatic carbocycles. The Kier molecular flexibility index (Phi) is 2.26. The Labute approximate surface area is 129 Å². The number of rotatable bonds is 0. The summed E-state index contributed by atoms with van der Waals surface area (Å²) in [7, 11) is 0. The molecule has 1 nitrogen and oxygen atoms in total. The van der Waals surface area contributed by atoms with E-state index in [1.807, 2.05) is 6.20 Å². The maximum absolute atomic E-state index is 4.72. The van der Waals surface area contributed by atoms with Gasteiger partial charge in [-0.2, -0.15) is 0 Å². The molecule has 22 heavy (non-hydrogen) atoms. The first-order chi connectivity index (χ1) is 10.8. The second-order valence-electron chi connectivity index (χ2n) is 6.08. The lowest BCUT2D eigenvalue weighted by Gasteiger charge is -2.11. The Morgan fingerprint density at radius 2 is 1.36 bits per heavy atom. The van der Waals surface area contributed by atoms with E-state index in [1.165, 1.54) is 49.5 Å². The van der Waals surface area contributed by atoms with Crippen LogP contribution in [0.3, 0.4) is 0 Å². The molecular formula is C21H15N. The van der Waals surface area contributed by atoms with E-state index in [0.29, 0.717) is 0 Å². The van der Waals surface area contributed by atoms with Crippen molar-refractivity contribution in [1.29, 1.82) is 0 Å². The first-order valence-electron chi connectivity index (χ1n) is 7.72. The fraction of sp³-hybridized carbons (Fsp3) is 0.0952. The van der Waals surface area contributed by atoms with Crippen LogP contribution in [0.5, 0.6) is 0 Å². The van der Waals surface area contributed by atoms with Crippen LogP contribution in [-0.2, 0) is 6.42 Å². The molecule has 0 spiro atoms. The van der Waals surface area contributed by atoms with Crippen molar-refractivity contribution < 1.29 is 0 Å². The van der Waals surface area contributed by atoms with Gasteiger partial charge >= 0.3 is 0 Å². The number of aromatic nitrogens is 1. The molecule has 0 atom stereocenters. The molecule has 0 amide bonds. The zero-order valence-corrected chi connectivity index (χ0v) is 12.4. The maximum atomic E-state index is 4.72. The second kappa shape index (κ2) is 4.17. The highest BCUT2D eigenvalue weighted by Gasteiger charge is 2.25. The zero-order chi connectivity index (χ0) is 14.7. The Morgan fingerprint density at radius 1 is 0.727 bits per heavy atom. The monoisotopic (exact) mass is 281 g/mol. The van der Waals surface area contributed by atoms with E-state index in [0.717, 1.165) is 6.42 Å². The number of benzene rings is 3. The number of nitrogens with zero attached hydrogens (tertiary/aromatic N) is 1. The third kappa shape index (κ3) is 1.41. The van der Waals surface area contributed by atoms with Gasteiger partial charge in [0.15, 0.2) is 0 Å². The third-order valence-electron chi connectivity index (χ3n) is 4.92. The van der Waals surface area contributed by atoms with Gasteiger partial charge in [0.25, 0.3) is 0 Å². The Bertz CT molecular complexity index is 1060. The average molecular weight is 281 g/mol. The molecule has 0 bridgehead atoms. The molecule has 0 saturated heterocycles. The quantitative estimate of drug-likeness (QED) is 0.352. The van der Waals surface area contributed by atoms with Gasteiger partial charge < -0.3 is 0 Å². The highest BCUT2D eigenvalue weighted by Crippen LogP contribution is 2.45. The van der Waals surface area contributed by atoms with Crippen molar-refractivity contribution in [3.63, 3.8) is 0 Å². The summed E-state index contributed by atoms with van der Waals surface area (Å²) in [5.74, 6) is 0. The van der Waals surface area contributed by atoms with E-state index in [-0.39, 0.29) is 0 Å². The molecule has 0 saturated carbocycles. The van der Waals surface area contributed by atoms with Crippen LogP contribution in [0.25, 0.3) is 32.8 Å². The van der Waals surface area contributed by atoms with E-state index in [4.69, 9.17) is 4.98 Å². The van der Waals surface area contributed by atoms with Gasteiger partial charge in [-0.25, -0.2) is 0 Å². The fourth-order valence-electron chi connectivity index (χ4n) is 3.87. The van der Waals surface area contributed by atoms with Crippen LogP contribution in [-0.4, -0.2) is 4.98 Å². The van der Waals surface area contributed by atoms with Gasteiger partial charge in [0.2, 0.25) is 0 Å². The van der Waals surface area contributed by atoms with Gasteiger partial charge in [0, 0.05) is 18.2 Å². The molecule has 1 heteroatoms. The summed E-state index contributed by atoms with van der Waals surface area (Å²) in [6.45, 7) is 2.19. The molecule has 0 fully saturated rings. The van der Waals surface area contributed by atoms with Crippen LogP contribution in [0.4, 0.5) is 0 Å². The zero-order valence-electron chi connectivity index (χ0n) is 12.4. The Balaban J connectivity index is 2.06. The van der Waals surface area contributed by atoms with Gasteiger partial charge in [0.05, 0.1) is 5.69 Å². The summed E-state index contributed by atoms with van der Waals surface area (Å²) in [5.41, 5.74) is 6.68. The highest BCUT2D eigenvalue weighted by molar-refractivity contribution is 6.16. The number of pyridine rings is 1. The van der Waals surface area contributed by atoms with Crippen LogP contribution in [0.2, 0.25) is 0 Å². The molecule has 5 rings (SSSR count). The molecule has 0 radical (unpaired) electrons. The van der Waals surface area contributed by atoms with Gasteiger partial charge in [-0.1, -0.05) is 48.5 Å². The molecule has 1 aromatic heterocycles. The molecule has 0 aliphatic heterocycles. The Hall–Kier alpha value is -2.67. The summed E-state index contributed by atoms with van der Waals surface area (Å²) in [4.78, 5) is 4.72. The number of aryl methyl sites for hydroxylation is 1. The van der Waals surface area contributed by atoms with Gasteiger partial charge in [-0.3, -0.25) is 4.98 Å². The van der Waals surface area contributed by atoms with Crippen molar-refractivity contribution in [2.75, 3.05) is 0 Å². The molecular weight excluding hydrogens is 266 g/mol. The number of fused-ring (bicyclic) bond motifs is 8. The molecule has 1 heterocycles. The molecule has 0 unspecified atom stereocenters. The molecule has 4 aromatic rings. The summed E-state index contributed by atoms with van der Waals surface area (Å²) in [6, 6.07) is 19.6. The molecule has 3 aromatic carbocycles. The van der Waals surface area contributed by atoms with E-state index in [1.54, 1.807) is 0 Å². The largest absolute Gasteiger partial charge is 0.256 e. The van der Waals surface area contributed by atoms with Crippen molar-refractivity contribution in [1.82, 2.24) is 4.98 Å². The smallest absolute Gasteiger partial charge is 0.0749 e. The minimum Gasteiger partial charge on any atom is -0.256 e. The topological polar surface area (TPSA) is 12.9 Å². The first-order valence-corrected chi connectivity index (χ1v) is 7.72. The summed E-state index contributed by atoms with van der Waals surface area (Å²) < 4.78 is 0. The standard InChI is InChI=1S/C21H15N/c1-13-10-11-22-21-18(13)12-19-16-8-3-2-6-14(16)15-7-4-5-9-17(15)20(19)21/h2-11H,12H2,1H3. The average Bonchev–Trinajstić information content (AvgIpc) is 2.97. The lowest BCUT2D eigenvalue weighted by molar-refractivity contribution is 1.19. The minimum atomic E-state index is 0.996. The van der Waals surface area contributed by atoms with Crippen LogP contribution in [0.15, 0.2) is 60.8 Å². The van der Waals surface area contributed by atoms with E-state index >= 15 is 0 Å². The van der Waals surface area contributed by atoms with Crippen molar-refractivity contribution in [3.8, 4) is 11.3 Å². The van der Waals surface area contributed by atoms with Crippen LogP contribution in [0, 0.1) is 6.92 Å². The third-order valence-corrected chi connectivity index (χ3v) is 4.92. The van der Waals surface area contributed by atoms with Crippen molar-refractivity contribution >= 4 is 21.5 Å². The Morgan fingerprint density at radius 3 is 2.14 bits per heavy atom. The molecule has 0 N–H and O–H groups in total. The predicted molar refractivity (Wildman–Crippen MR) is 92.2 cm³/mol. The van der Waals surface area contributed by atoms with Crippen LogP contribution >= 0.6 is 0 Å². The van der Waals surface area contributed by atoms with E-state index in [2.05, 4.69) is 61.5 Å². The lowest BCUT2D eigenvalue weighted by Crippen LogP contribution is -1.88. The summed E-state index contributed by atoms with van der Waals surface area (Å²) in [5, 5.41) is 5.37. The van der Waals surface area contributed by atoms with Crippen LogP contribution < -0.4 is 0 Å². The first kappa shape index (κ1) is 11.9. The summed E-state index contributed by atoms with van der Waals surface area (Å²) in [6.07, 6.45) is 2.93. The summed E-state index contributed by atoms with van der Waals surface area (Å²) >= 11 is 0. The van der Waals surface area contributed by atoms with Crippen molar-refractivity contribution in [2.45, 2.75) is 13.3 Å². The normalized spacial score (nSPS) is 12.6. The fourth-order valence-corrected chi connectivity index (χ4v) is 3.87. The van der Waals surface area contributed by atoms with Crippen molar-refractivity contribution in [2.24, 2.45) is 0 Å². The van der Waals surface area contributed by atoms with E-state index < -0.39 is 0 Å². The second-order valence-corrected chi connectivity index (χ2v) is 6.08. The maximum Gasteiger partial charge on any atom is 0.0749 e.